The first-order valence-electron chi connectivity index (χ1n) is 3.46. The summed E-state index contributed by atoms with van der Waals surface area (Å²) in [5.74, 6) is -0.278. The van der Waals surface area contributed by atoms with Crippen LogP contribution in [0.15, 0.2) is 12.2 Å². The van der Waals surface area contributed by atoms with Crippen molar-refractivity contribution >= 4 is 13.2 Å². The Bertz CT molecular complexity index is 167. The maximum atomic E-state index is 10.9. The summed E-state index contributed by atoms with van der Waals surface area (Å²) >= 11 is 0. The molecule has 0 unspecified atom stereocenters. The van der Waals surface area contributed by atoms with Crippen molar-refractivity contribution < 1.29 is 9.53 Å². The van der Waals surface area contributed by atoms with Gasteiger partial charge in [0, 0.05) is 12.8 Å². The maximum absolute atomic E-state index is 10.9. The van der Waals surface area contributed by atoms with Crippen LogP contribution in [-0.4, -0.2) is 32.3 Å². The topological polar surface area (TPSA) is 26.3 Å². The SMILES string of the molecule is C=C(C)C(=O)OC[P+](C)(C)C. The fourth-order valence-electron chi connectivity index (χ4n) is 0.375. The predicted octanol–water partition coefficient (Wildman–Crippen LogP) is 1.97. The van der Waals surface area contributed by atoms with Gasteiger partial charge in [0.05, 0.1) is 20.0 Å². The van der Waals surface area contributed by atoms with E-state index in [1.807, 2.05) is 0 Å². The number of rotatable bonds is 3. The Morgan fingerprint density at radius 2 is 1.91 bits per heavy atom. The van der Waals surface area contributed by atoms with Crippen LogP contribution < -0.4 is 0 Å². The molecule has 0 aromatic rings. The molecule has 0 aromatic carbocycles. The molecule has 0 rings (SSSR count). The fraction of sp³-hybridized carbons (Fsp3) is 0.625. The number of carbonyl (C=O) groups excluding carboxylic acids is 1. The summed E-state index contributed by atoms with van der Waals surface area (Å²) in [6, 6.07) is 0. The molecule has 0 bridgehead atoms. The minimum absolute atomic E-state index is 0.278. The maximum Gasteiger partial charge on any atom is 0.336 e. The van der Waals surface area contributed by atoms with Crippen molar-refractivity contribution in [2.24, 2.45) is 0 Å². The van der Waals surface area contributed by atoms with E-state index in [2.05, 4.69) is 26.6 Å². The molecule has 0 aliphatic rings. The van der Waals surface area contributed by atoms with Crippen LogP contribution in [0.4, 0.5) is 0 Å². The minimum Gasteiger partial charge on any atom is -0.427 e. The Balaban J connectivity index is 3.73. The van der Waals surface area contributed by atoms with Crippen molar-refractivity contribution in [2.45, 2.75) is 6.92 Å². The van der Waals surface area contributed by atoms with Gasteiger partial charge in [-0.2, -0.15) is 0 Å². The highest BCUT2D eigenvalue weighted by molar-refractivity contribution is 7.73. The molecule has 0 aliphatic heterocycles. The smallest absolute Gasteiger partial charge is 0.336 e. The van der Waals surface area contributed by atoms with E-state index >= 15 is 0 Å². The van der Waals surface area contributed by atoms with Crippen molar-refractivity contribution in [3.05, 3.63) is 12.2 Å². The van der Waals surface area contributed by atoms with Gasteiger partial charge in [0.2, 0.25) is 0 Å². The molecule has 0 aromatic heterocycles. The Labute approximate surface area is 69.0 Å². The molecule has 0 saturated heterocycles. The van der Waals surface area contributed by atoms with Crippen molar-refractivity contribution in [3.63, 3.8) is 0 Å². The summed E-state index contributed by atoms with van der Waals surface area (Å²) in [5.41, 5.74) is 0.471. The summed E-state index contributed by atoms with van der Waals surface area (Å²) in [7, 11) is -0.993. The van der Waals surface area contributed by atoms with Crippen LogP contribution >= 0.6 is 7.26 Å². The lowest BCUT2D eigenvalue weighted by Crippen LogP contribution is -2.07. The highest BCUT2D eigenvalue weighted by atomic mass is 31.2. The monoisotopic (exact) mass is 175 g/mol. The molecule has 3 heteroatoms. The van der Waals surface area contributed by atoms with E-state index in [0.717, 1.165) is 0 Å². The van der Waals surface area contributed by atoms with Crippen LogP contribution in [-0.2, 0) is 9.53 Å². The molecule has 64 valence electrons. The van der Waals surface area contributed by atoms with Crippen molar-refractivity contribution in [3.8, 4) is 0 Å². The number of hydrogen-bond donors (Lipinski definition) is 0. The van der Waals surface area contributed by atoms with E-state index in [1.54, 1.807) is 6.92 Å². The summed E-state index contributed by atoms with van der Waals surface area (Å²) in [6.45, 7) is 11.5. The molecule has 0 spiro atoms. The summed E-state index contributed by atoms with van der Waals surface area (Å²) in [4.78, 5) is 10.9. The average Bonchev–Trinajstić information content (AvgIpc) is 1.80. The minimum atomic E-state index is -0.993. The fourth-order valence-corrected chi connectivity index (χ4v) is 0.880. The van der Waals surface area contributed by atoms with Crippen LogP contribution in [0.25, 0.3) is 0 Å². The van der Waals surface area contributed by atoms with E-state index < -0.39 is 7.26 Å². The second kappa shape index (κ2) is 3.87. The molecule has 0 fully saturated rings. The van der Waals surface area contributed by atoms with Gasteiger partial charge in [0.15, 0.2) is 6.35 Å². The lowest BCUT2D eigenvalue weighted by atomic mass is 10.4. The average molecular weight is 175 g/mol. The molecule has 0 atom stereocenters. The molecule has 2 nitrogen and oxygen atoms in total. The van der Waals surface area contributed by atoms with E-state index in [1.165, 1.54) is 0 Å². The molecule has 0 radical (unpaired) electrons. The Hall–Kier alpha value is -0.360. The van der Waals surface area contributed by atoms with Gasteiger partial charge in [-0.25, -0.2) is 4.79 Å². The quantitative estimate of drug-likeness (QED) is 0.372. The third kappa shape index (κ3) is 6.05. The second-order valence-corrected chi connectivity index (χ2v) is 8.47. The zero-order valence-corrected chi connectivity index (χ0v) is 8.57. The molecule has 11 heavy (non-hydrogen) atoms. The highest BCUT2D eigenvalue weighted by Gasteiger charge is 2.19. The van der Waals surface area contributed by atoms with Crippen LogP contribution in [0.3, 0.4) is 0 Å². The Kier molecular flexibility index (Phi) is 3.74. The van der Waals surface area contributed by atoms with E-state index in [4.69, 9.17) is 4.74 Å². The van der Waals surface area contributed by atoms with Gasteiger partial charge in [0.1, 0.15) is 0 Å². The van der Waals surface area contributed by atoms with E-state index in [-0.39, 0.29) is 5.97 Å². The zero-order valence-electron chi connectivity index (χ0n) is 7.68. The molecule has 0 saturated carbocycles. The first-order valence-corrected chi connectivity index (χ1v) is 6.77. The lowest BCUT2D eigenvalue weighted by Gasteiger charge is -2.11. The Morgan fingerprint density at radius 1 is 1.45 bits per heavy atom. The third-order valence-electron chi connectivity index (χ3n) is 0.931. The van der Waals surface area contributed by atoms with Crippen LogP contribution in [0.5, 0.6) is 0 Å². The molecule has 0 heterocycles. The summed E-state index contributed by atoms with van der Waals surface area (Å²) in [5, 5.41) is 0. The number of esters is 1. The van der Waals surface area contributed by atoms with Crippen molar-refractivity contribution in [2.75, 3.05) is 26.3 Å². The first kappa shape index (κ1) is 10.6. The van der Waals surface area contributed by atoms with Crippen LogP contribution in [0.2, 0.25) is 0 Å². The molecule has 0 aliphatic carbocycles. The Morgan fingerprint density at radius 3 is 2.18 bits per heavy atom. The van der Waals surface area contributed by atoms with Gasteiger partial charge in [-0.15, -0.1) is 0 Å². The molecule has 0 N–H and O–H groups in total. The predicted molar refractivity (Wildman–Crippen MR) is 50.5 cm³/mol. The van der Waals surface area contributed by atoms with Gasteiger partial charge >= 0.3 is 5.97 Å². The third-order valence-corrected chi connectivity index (χ3v) is 1.84. The lowest BCUT2D eigenvalue weighted by molar-refractivity contribution is -0.136. The van der Waals surface area contributed by atoms with Gasteiger partial charge in [-0.3, -0.25) is 0 Å². The zero-order chi connectivity index (χ0) is 9.07. The normalized spacial score (nSPS) is 10.9. The number of ether oxygens (including phenoxy) is 1. The highest BCUT2D eigenvalue weighted by Crippen LogP contribution is 2.46. The molecule has 0 amide bonds. The van der Waals surface area contributed by atoms with Gasteiger partial charge < -0.3 is 4.74 Å². The van der Waals surface area contributed by atoms with Gasteiger partial charge in [-0.05, 0) is 6.92 Å². The van der Waals surface area contributed by atoms with Crippen LogP contribution in [0.1, 0.15) is 6.92 Å². The second-order valence-electron chi connectivity index (χ2n) is 3.63. The van der Waals surface area contributed by atoms with E-state index in [0.29, 0.717) is 11.9 Å². The largest absolute Gasteiger partial charge is 0.427 e. The van der Waals surface area contributed by atoms with Crippen LogP contribution in [0, 0.1) is 0 Å². The van der Waals surface area contributed by atoms with E-state index in [9.17, 15) is 4.79 Å². The first-order chi connectivity index (χ1) is 4.83. The van der Waals surface area contributed by atoms with Gasteiger partial charge in [-0.1, -0.05) is 6.58 Å². The number of carbonyl (C=O) groups is 1. The van der Waals surface area contributed by atoms with Gasteiger partial charge in [0.25, 0.3) is 0 Å². The van der Waals surface area contributed by atoms with Crippen molar-refractivity contribution in [1.29, 1.82) is 0 Å². The summed E-state index contributed by atoms with van der Waals surface area (Å²) in [6.07, 6.45) is 0.554. The molecular formula is C8H16O2P+. The number of hydrogen-bond acceptors (Lipinski definition) is 2. The molecular weight excluding hydrogens is 159 g/mol. The standard InChI is InChI=1S/C8H16O2P/c1-7(2)8(9)10-6-11(3,4)5/h1,6H2,2-5H3/q+1. The van der Waals surface area contributed by atoms with Crippen molar-refractivity contribution in [1.82, 2.24) is 0 Å². The summed E-state index contributed by atoms with van der Waals surface area (Å²) < 4.78 is 4.98.